The smallest absolute Gasteiger partial charge is 0.122 e. The Morgan fingerprint density at radius 3 is 2.47 bits per heavy atom. The van der Waals surface area contributed by atoms with E-state index in [1.54, 1.807) is 7.11 Å². The molecule has 108 valence electrons. The van der Waals surface area contributed by atoms with Crippen molar-refractivity contribution in [1.29, 1.82) is 0 Å². The number of aliphatic hydroxyl groups is 1. The molecule has 2 unspecified atom stereocenters. The first kappa shape index (κ1) is 16.0. The van der Waals surface area contributed by atoms with Gasteiger partial charge in [-0.1, -0.05) is 19.4 Å². The molecule has 0 fully saturated rings. The second kappa shape index (κ2) is 7.51. The highest BCUT2D eigenvalue weighted by Gasteiger charge is 2.14. The maximum atomic E-state index is 10.0. The van der Waals surface area contributed by atoms with Crippen LogP contribution in [0.1, 0.15) is 42.9 Å². The fraction of sp³-hybridized carbons (Fsp3) is 0.625. The number of methoxy groups -OCH3 is 1. The van der Waals surface area contributed by atoms with Crippen molar-refractivity contribution in [3.63, 3.8) is 0 Å². The molecule has 0 aromatic heterocycles. The molecule has 0 bridgehead atoms. The minimum absolute atomic E-state index is 0.107. The lowest BCUT2D eigenvalue weighted by molar-refractivity contribution is 0.131. The number of ether oxygens (including phenoxy) is 1. The van der Waals surface area contributed by atoms with E-state index < -0.39 is 6.10 Å². The van der Waals surface area contributed by atoms with Crippen molar-refractivity contribution < 1.29 is 9.84 Å². The van der Waals surface area contributed by atoms with E-state index in [-0.39, 0.29) is 6.04 Å². The third kappa shape index (κ3) is 4.51. The van der Waals surface area contributed by atoms with E-state index in [1.165, 1.54) is 11.1 Å². The average molecular weight is 265 g/mol. The number of nitrogens with two attached hydrogens (primary N) is 1. The summed E-state index contributed by atoms with van der Waals surface area (Å²) in [6.45, 7) is 6.21. The van der Waals surface area contributed by atoms with Gasteiger partial charge in [0.1, 0.15) is 5.75 Å². The van der Waals surface area contributed by atoms with Crippen LogP contribution in [0.3, 0.4) is 0 Å². The lowest BCUT2D eigenvalue weighted by Gasteiger charge is -2.19. The molecule has 0 amide bonds. The van der Waals surface area contributed by atoms with Crippen LogP contribution in [0.4, 0.5) is 0 Å². The Morgan fingerprint density at radius 1 is 1.21 bits per heavy atom. The summed E-state index contributed by atoms with van der Waals surface area (Å²) in [7, 11) is 1.69. The molecule has 0 saturated heterocycles. The topological polar surface area (TPSA) is 55.5 Å². The lowest BCUT2D eigenvalue weighted by Crippen LogP contribution is -2.34. The largest absolute Gasteiger partial charge is 0.496 e. The number of aryl methyl sites for hydroxylation is 3. The van der Waals surface area contributed by atoms with Crippen LogP contribution in [0.5, 0.6) is 5.75 Å². The number of benzene rings is 1. The van der Waals surface area contributed by atoms with Gasteiger partial charge in [0.05, 0.1) is 13.2 Å². The monoisotopic (exact) mass is 265 g/mol. The summed E-state index contributed by atoms with van der Waals surface area (Å²) in [5.41, 5.74) is 9.54. The SMILES string of the molecule is CCCC(N)C(O)CCc1cc(C)c(OC)cc1C. The Morgan fingerprint density at radius 2 is 1.89 bits per heavy atom. The first-order chi connectivity index (χ1) is 8.99. The van der Waals surface area contributed by atoms with Crippen molar-refractivity contribution in [2.24, 2.45) is 5.73 Å². The zero-order valence-corrected chi connectivity index (χ0v) is 12.6. The molecule has 1 aromatic rings. The summed E-state index contributed by atoms with van der Waals surface area (Å²) in [5.74, 6) is 0.921. The summed E-state index contributed by atoms with van der Waals surface area (Å²) in [4.78, 5) is 0. The van der Waals surface area contributed by atoms with Crippen molar-refractivity contribution in [3.8, 4) is 5.75 Å². The molecular formula is C16H27NO2. The number of aliphatic hydroxyl groups excluding tert-OH is 1. The molecule has 0 radical (unpaired) electrons. The third-order valence-electron chi connectivity index (χ3n) is 3.68. The first-order valence-electron chi connectivity index (χ1n) is 7.07. The maximum absolute atomic E-state index is 10.0. The predicted molar refractivity (Wildman–Crippen MR) is 79.7 cm³/mol. The van der Waals surface area contributed by atoms with Crippen LogP contribution in [-0.2, 0) is 6.42 Å². The fourth-order valence-corrected chi connectivity index (χ4v) is 2.38. The minimum Gasteiger partial charge on any atom is -0.496 e. The molecule has 19 heavy (non-hydrogen) atoms. The van der Waals surface area contributed by atoms with Crippen LogP contribution in [0.2, 0.25) is 0 Å². The van der Waals surface area contributed by atoms with E-state index in [2.05, 4.69) is 26.0 Å². The Bertz CT molecular complexity index is 404. The molecular weight excluding hydrogens is 238 g/mol. The Balaban J connectivity index is 2.65. The summed E-state index contributed by atoms with van der Waals surface area (Å²) >= 11 is 0. The van der Waals surface area contributed by atoms with E-state index in [4.69, 9.17) is 10.5 Å². The van der Waals surface area contributed by atoms with Crippen molar-refractivity contribution in [2.45, 2.75) is 58.6 Å². The summed E-state index contributed by atoms with van der Waals surface area (Å²) in [6, 6.07) is 4.10. The maximum Gasteiger partial charge on any atom is 0.122 e. The van der Waals surface area contributed by atoms with Gasteiger partial charge in [-0.2, -0.15) is 0 Å². The first-order valence-corrected chi connectivity index (χ1v) is 7.07. The van der Waals surface area contributed by atoms with Gasteiger partial charge in [0.2, 0.25) is 0 Å². The highest BCUT2D eigenvalue weighted by molar-refractivity contribution is 5.41. The summed E-state index contributed by atoms with van der Waals surface area (Å²) < 4.78 is 5.31. The molecule has 2 atom stereocenters. The normalized spacial score (nSPS) is 14.2. The van der Waals surface area contributed by atoms with E-state index in [0.29, 0.717) is 6.42 Å². The summed E-state index contributed by atoms with van der Waals surface area (Å²) in [5, 5.41) is 10.0. The van der Waals surface area contributed by atoms with Gasteiger partial charge in [0.15, 0.2) is 0 Å². The molecule has 1 aromatic carbocycles. The van der Waals surface area contributed by atoms with Crippen LogP contribution >= 0.6 is 0 Å². The molecule has 0 saturated carbocycles. The van der Waals surface area contributed by atoms with Crippen molar-refractivity contribution in [3.05, 3.63) is 28.8 Å². The van der Waals surface area contributed by atoms with E-state index in [9.17, 15) is 5.11 Å². The molecule has 3 heteroatoms. The van der Waals surface area contributed by atoms with Crippen molar-refractivity contribution in [1.82, 2.24) is 0 Å². The predicted octanol–water partition coefficient (Wildman–Crippen LogP) is 2.73. The van der Waals surface area contributed by atoms with Gasteiger partial charge in [0.25, 0.3) is 0 Å². The number of rotatable bonds is 7. The van der Waals surface area contributed by atoms with Crippen LogP contribution in [0.25, 0.3) is 0 Å². The quantitative estimate of drug-likeness (QED) is 0.797. The summed E-state index contributed by atoms with van der Waals surface area (Å²) in [6.07, 6.45) is 3.05. The van der Waals surface area contributed by atoms with Crippen LogP contribution < -0.4 is 10.5 Å². The zero-order chi connectivity index (χ0) is 14.4. The van der Waals surface area contributed by atoms with Crippen molar-refractivity contribution >= 4 is 0 Å². The van der Waals surface area contributed by atoms with E-state index in [1.807, 2.05) is 6.92 Å². The second-order valence-corrected chi connectivity index (χ2v) is 5.31. The molecule has 0 aliphatic heterocycles. The van der Waals surface area contributed by atoms with Crippen LogP contribution in [0.15, 0.2) is 12.1 Å². The molecule has 3 nitrogen and oxygen atoms in total. The van der Waals surface area contributed by atoms with Crippen molar-refractivity contribution in [2.75, 3.05) is 7.11 Å². The van der Waals surface area contributed by atoms with Gasteiger partial charge in [0, 0.05) is 6.04 Å². The average Bonchev–Trinajstić information content (AvgIpc) is 2.39. The van der Waals surface area contributed by atoms with Gasteiger partial charge in [-0.25, -0.2) is 0 Å². The van der Waals surface area contributed by atoms with E-state index in [0.717, 1.165) is 30.6 Å². The molecule has 1 rings (SSSR count). The second-order valence-electron chi connectivity index (χ2n) is 5.31. The molecule has 0 aliphatic rings. The van der Waals surface area contributed by atoms with Crippen LogP contribution in [0, 0.1) is 13.8 Å². The van der Waals surface area contributed by atoms with Gasteiger partial charge < -0.3 is 15.6 Å². The Hall–Kier alpha value is -1.06. The van der Waals surface area contributed by atoms with Crippen LogP contribution in [-0.4, -0.2) is 24.4 Å². The number of hydrogen-bond acceptors (Lipinski definition) is 3. The zero-order valence-electron chi connectivity index (χ0n) is 12.6. The highest BCUT2D eigenvalue weighted by Crippen LogP contribution is 2.23. The Labute approximate surface area is 116 Å². The van der Waals surface area contributed by atoms with Gasteiger partial charge in [-0.05, 0) is 55.9 Å². The molecule has 0 spiro atoms. The highest BCUT2D eigenvalue weighted by atomic mass is 16.5. The molecule has 0 heterocycles. The number of hydrogen-bond donors (Lipinski definition) is 2. The standard InChI is InChI=1S/C16H27NO2/c1-5-6-14(17)15(18)8-7-13-9-12(3)16(19-4)10-11(13)2/h9-10,14-15,18H,5-8,17H2,1-4H3. The fourth-order valence-electron chi connectivity index (χ4n) is 2.38. The van der Waals surface area contributed by atoms with Gasteiger partial charge >= 0.3 is 0 Å². The van der Waals surface area contributed by atoms with Gasteiger partial charge in [-0.3, -0.25) is 0 Å². The van der Waals surface area contributed by atoms with Gasteiger partial charge in [-0.15, -0.1) is 0 Å². The van der Waals surface area contributed by atoms with E-state index >= 15 is 0 Å². The lowest BCUT2D eigenvalue weighted by atomic mass is 9.96. The Kier molecular flexibility index (Phi) is 6.32. The molecule has 3 N–H and O–H groups in total. The minimum atomic E-state index is -0.415. The molecule has 0 aliphatic carbocycles. The third-order valence-corrected chi connectivity index (χ3v) is 3.68.